The Morgan fingerprint density at radius 2 is 1.68 bits per heavy atom. The number of carboxylic acid groups (broad SMARTS) is 1. The third kappa shape index (κ3) is 10.7. The maximum absolute atomic E-state index is 10.0. The van der Waals surface area contributed by atoms with Gasteiger partial charge in [0.2, 0.25) is 0 Å². The molecule has 34 heavy (non-hydrogen) atoms. The second kappa shape index (κ2) is 14.1. The first kappa shape index (κ1) is 29.6. The normalized spacial score (nSPS) is 11.2. The fourth-order valence-electron chi connectivity index (χ4n) is 3.24. The molecule has 3 N–H and O–H groups in total. The van der Waals surface area contributed by atoms with E-state index in [9.17, 15) is 10.1 Å². The van der Waals surface area contributed by atoms with Crippen molar-refractivity contribution in [3.8, 4) is 6.07 Å². The van der Waals surface area contributed by atoms with E-state index in [0.29, 0.717) is 6.54 Å². The van der Waals surface area contributed by atoms with Crippen molar-refractivity contribution < 1.29 is 9.90 Å². The number of hydrogen-bond donors (Lipinski definition) is 2. The summed E-state index contributed by atoms with van der Waals surface area (Å²) in [6.45, 7) is 14.0. The van der Waals surface area contributed by atoms with Crippen molar-refractivity contribution in [2.24, 2.45) is 11.1 Å². The molecule has 0 unspecified atom stereocenters. The van der Waals surface area contributed by atoms with E-state index in [4.69, 9.17) is 22.4 Å². The van der Waals surface area contributed by atoms with Gasteiger partial charge in [0.1, 0.15) is 0 Å². The zero-order valence-corrected chi connectivity index (χ0v) is 22.1. The van der Waals surface area contributed by atoms with Gasteiger partial charge < -0.3 is 15.7 Å². The van der Waals surface area contributed by atoms with E-state index in [1.54, 1.807) is 20.8 Å². The largest absolute Gasteiger partial charge is 0.481 e. The van der Waals surface area contributed by atoms with Gasteiger partial charge in [0.05, 0.1) is 17.0 Å². The number of nitriles is 1. The van der Waals surface area contributed by atoms with E-state index in [0.717, 1.165) is 54.4 Å². The molecule has 0 bridgehead atoms. The van der Waals surface area contributed by atoms with Crippen LogP contribution in [0.2, 0.25) is 5.02 Å². The van der Waals surface area contributed by atoms with Crippen LogP contribution in [0, 0.1) is 30.6 Å². The number of carbonyl (C=O) groups is 1. The molecule has 0 aliphatic heterocycles. The molecule has 0 fully saturated rings. The maximum atomic E-state index is 10.0. The van der Waals surface area contributed by atoms with Gasteiger partial charge in [-0.2, -0.15) is 5.26 Å². The fraction of sp³-hybridized carbons (Fsp3) is 0.481. The highest BCUT2D eigenvalue weighted by molar-refractivity contribution is 6.30. The fourth-order valence-corrected chi connectivity index (χ4v) is 3.36. The zero-order chi connectivity index (χ0) is 25.9. The summed E-state index contributed by atoms with van der Waals surface area (Å²) in [5, 5.41) is 18.6. The Balaban J connectivity index is 0.000000718. The molecule has 0 radical (unpaired) electrons. The van der Waals surface area contributed by atoms with E-state index in [1.165, 1.54) is 11.1 Å². The minimum atomic E-state index is -0.757. The van der Waals surface area contributed by atoms with Gasteiger partial charge in [0, 0.05) is 44.3 Å². The number of benzene rings is 2. The number of likely N-dealkylation sites (N-methyl/N-ethyl adjacent to an activating group) is 1. The monoisotopic (exact) mass is 486 g/mol. The van der Waals surface area contributed by atoms with Gasteiger partial charge in [0.15, 0.2) is 0 Å². The Kier molecular flexibility index (Phi) is 12.3. The molecule has 0 spiro atoms. The minimum absolute atomic E-state index is 0.583. The average Bonchev–Trinajstić information content (AvgIpc) is 2.75. The predicted octanol–water partition coefficient (Wildman–Crippen LogP) is 4.84. The van der Waals surface area contributed by atoms with Crippen molar-refractivity contribution >= 4 is 17.6 Å². The SMILES string of the molecule is CC(C)(C)C(=O)O.Cc1cc(C)c(CN(CCN(C)CCN)Cc2ccc(Cl)cc2)c(C#N)c1. The molecule has 0 saturated heterocycles. The Bertz CT molecular complexity index is 962. The number of nitrogens with two attached hydrogens (primary N) is 1. The highest BCUT2D eigenvalue weighted by Crippen LogP contribution is 2.20. The lowest BCUT2D eigenvalue weighted by Gasteiger charge is -2.27. The number of halogens is 1. The molecular weight excluding hydrogens is 448 g/mol. The van der Waals surface area contributed by atoms with Gasteiger partial charge in [0.25, 0.3) is 0 Å². The second-order valence-corrected chi connectivity index (χ2v) is 10.1. The third-order valence-electron chi connectivity index (χ3n) is 5.39. The van der Waals surface area contributed by atoms with Crippen LogP contribution in [0.5, 0.6) is 0 Å². The van der Waals surface area contributed by atoms with E-state index < -0.39 is 11.4 Å². The molecule has 0 heterocycles. The van der Waals surface area contributed by atoms with Crippen molar-refractivity contribution in [2.75, 3.05) is 33.2 Å². The molecule has 0 aliphatic carbocycles. The molecule has 0 amide bonds. The van der Waals surface area contributed by atoms with Crippen molar-refractivity contribution in [2.45, 2.75) is 47.7 Å². The topological polar surface area (TPSA) is 93.6 Å². The summed E-state index contributed by atoms with van der Waals surface area (Å²) < 4.78 is 0. The first-order valence-corrected chi connectivity index (χ1v) is 11.8. The van der Waals surface area contributed by atoms with Gasteiger partial charge >= 0.3 is 5.97 Å². The summed E-state index contributed by atoms with van der Waals surface area (Å²) in [6, 6.07) is 14.5. The molecule has 2 aromatic carbocycles. The van der Waals surface area contributed by atoms with Crippen LogP contribution >= 0.6 is 11.6 Å². The molecule has 186 valence electrons. The summed E-state index contributed by atoms with van der Waals surface area (Å²) in [5.74, 6) is -0.757. The average molecular weight is 487 g/mol. The van der Waals surface area contributed by atoms with Crippen molar-refractivity contribution in [3.05, 3.63) is 69.2 Å². The lowest BCUT2D eigenvalue weighted by Crippen LogP contribution is -2.35. The molecular formula is C27H39ClN4O2. The van der Waals surface area contributed by atoms with Gasteiger partial charge in [-0.05, 0) is 82.1 Å². The lowest BCUT2D eigenvalue weighted by molar-refractivity contribution is -0.145. The number of aryl methyl sites for hydroxylation is 2. The number of rotatable bonds is 9. The summed E-state index contributed by atoms with van der Waals surface area (Å²) in [6.07, 6.45) is 0. The van der Waals surface area contributed by atoms with Crippen molar-refractivity contribution in [1.29, 1.82) is 5.26 Å². The van der Waals surface area contributed by atoms with Crippen LogP contribution in [0.4, 0.5) is 0 Å². The zero-order valence-electron chi connectivity index (χ0n) is 21.4. The molecule has 2 aromatic rings. The molecule has 6 nitrogen and oxygen atoms in total. The number of aliphatic carboxylic acids is 1. The predicted molar refractivity (Wildman–Crippen MR) is 140 cm³/mol. The van der Waals surface area contributed by atoms with Gasteiger partial charge in [-0.3, -0.25) is 9.69 Å². The summed E-state index contributed by atoms with van der Waals surface area (Å²) in [7, 11) is 2.09. The molecule has 7 heteroatoms. The standard InChI is InChI=1S/C22H29ClN4.C5H10O2/c1-17-12-18(2)22(20(13-17)14-25)16-27(11-10-26(3)9-8-24)15-19-4-6-21(23)7-5-19;1-5(2,3)4(6)7/h4-7,12-13H,8-11,15-16,24H2,1-3H3;1-3H3,(H,6,7). The highest BCUT2D eigenvalue weighted by Gasteiger charge is 2.18. The summed E-state index contributed by atoms with van der Waals surface area (Å²) >= 11 is 6.02. The van der Waals surface area contributed by atoms with E-state index in [2.05, 4.69) is 48.0 Å². The van der Waals surface area contributed by atoms with Gasteiger partial charge in [-0.15, -0.1) is 0 Å². The Morgan fingerprint density at radius 1 is 1.09 bits per heavy atom. The Morgan fingerprint density at radius 3 is 2.18 bits per heavy atom. The smallest absolute Gasteiger partial charge is 0.308 e. The van der Waals surface area contributed by atoms with Crippen LogP contribution in [-0.4, -0.2) is 54.1 Å². The number of hydrogen-bond acceptors (Lipinski definition) is 5. The highest BCUT2D eigenvalue weighted by atomic mass is 35.5. The lowest BCUT2D eigenvalue weighted by atomic mass is 9.98. The minimum Gasteiger partial charge on any atom is -0.481 e. The third-order valence-corrected chi connectivity index (χ3v) is 5.64. The van der Waals surface area contributed by atoms with E-state index in [1.807, 2.05) is 25.1 Å². The quantitative estimate of drug-likeness (QED) is 0.526. The van der Waals surface area contributed by atoms with Gasteiger partial charge in [-0.1, -0.05) is 29.8 Å². The van der Waals surface area contributed by atoms with Crippen LogP contribution in [-0.2, 0) is 17.9 Å². The molecule has 0 saturated carbocycles. The molecule has 0 aliphatic rings. The Hall–Kier alpha value is -2.43. The first-order chi connectivity index (χ1) is 15.9. The van der Waals surface area contributed by atoms with Crippen LogP contribution in [0.1, 0.15) is 48.6 Å². The van der Waals surface area contributed by atoms with Crippen LogP contribution in [0.15, 0.2) is 36.4 Å². The molecule has 2 rings (SSSR count). The summed E-state index contributed by atoms with van der Waals surface area (Å²) in [4.78, 5) is 14.6. The maximum Gasteiger partial charge on any atom is 0.308 e. The van der Waals surface area contributed by atoms with E-state index in [-0.39, 0.29) is 0 Å². The van der Waals surface area contributed by atoms with Crippen LogP contribution in [0.25, 0.3) is 0 Å². The van der Waals surface area contributed by atoms with Crippen LogP contribution < -0.4 is 5.73 Å². The molecule has 0 atom stereocenters. The first-order valence-electron chi connectivity index (χ1n) is 11.5. The summed E-state index contributed by atoms with van der Waals surface area (Å²) in [5.41, 5.74) is 10.5. The van der Waals surface area contributed by atoms with E-state index >= 15 is 0 Å². The second-order valence-electron chi connectivity index (χ2n) is 9.70. The number of carboxylic acids is 1. The number of nitrogens with zero attached hydrogens (tertiary/aromatic N) is 3. The van der Waals surface area contributed by atoms with Crippen molar-refractivity contribution in [3.63, 3.8) is 0 Å². The molecule has 0 aromatic heterocycles. The van der Waals surface area contributed by atoms with Crippen molar-refractivity contribution in [1.82, 2.24) is 9.80 Å². The van der Waals surface area contributed by atoms with Gasteiger partial charge in [-0.25, -0.2) is 0 Å². The Labute approximate surface area is 209 Å². The van der Waals surface area contributed by atoms with Crippen LogP contribution in [0.3, 0.4) is 0 Å².